The van der Waals surface area contributed by atoms with E-state index in [9.17, 15) is 4.79 Å². The number of amides is 2. The summed E-state index contributed by atoms with van der Waals surface area (Å²) in [7, 11) is 1.62. The molecule has 0 saturated heterocycles. The molecule has 1 heterocycles. The minimum absolute atomic E-state index is 0.507. The maximum Gasteiger partial charge on any atom is 0.320 e. The molecule has 1 aromatic carbocycles. The Hall–Kier alpha value is -2.10. The molecular weight excluding hydrogens is 226 g/mol. The van der Waals surface area contributed by atoms with E-state index >= 15 is 0 Å². The quantitative estimate of drug-likeness (QED) is 0.881. The summed E-state index contributed by atoms with van der Waals surface area (Å²) >= 11 is 0. The van der Waals surface area contributed by atoms with Gasteiger partial charge in [0.05, 0.1) is 0 Å². The van der Waals surface area contributed by atoms with Gasteiger partial charge in [-0.3, -0.25) is 4.90 Å². The maximum atomic E-state index is 11.2. The number of rotatable bonds is 2. The fraction of sp³-hybridized carbons (Fsp3) is 0.286. The van der Waals surface area contributed by atoms with Gasteiger partial charge in [0.1, 0.15) is 5.82 Å². The zero-order valence-corrected chi connectivity index (χ0v) is 10.9. The number of urea groups is 1. The number of fused-ring (bicyclic) bond motifs is 1. The summed E-state index contributed by atoms with van der Waals surface area (Å²) in [5, 5.41) is 2.19. The predicted octanol–water partition coefficient (Wildman–Crippen LogP) is 2.62. The molecule has 2 amide bonds. The van der Waals surface area contributed by atoms with Crippen LogP contribution in [0, 0.1) is 6.92 Å². The van der Waals surface area contributed by atoms with Crippen LogP contribution in [0.3, 0.4) is 0 Å². The Balaban J connectivity index is 2.62. The largest absolute Gasteiger partial charge is 0.351 e. The van der Waals surface area contributed by atoms with Gasteiger partial charge in [0.15, 0.2) is 0 Å². The van der Waals surface area contributed by atoms with E-state index in [0.29, 0.717) is 5.82 Å². The summed E-state index contributed by atoms with van der Waals surface area (Å²) in [5.41, 5.74) is 7.43. The van der Waals surface area contributed by atoms with Gasteiger partial charge in [0.2, 0.25) is 0 Å². The van der Waals surface area contributed by atoms with Crippen LogP contribution >= 0.6 is 0 Å². The third-order valence-corrected chi connectivity index (χ3v) is 3.16. The second kappa shape index (κ2) is 4.64. The fourth-order valence-electron chi connectivity index (χ4n) is 1.97. The van der Waals surface area contributed by atoms with Crippen LogP contribution in [0.4, 0.5) is 10.6 Å². The van der Waals surface area contributed by atoms with Gasteiger partial charge in [-0.2, -0.15) is 0 Å². The standard InChI is InChI=1S/C14H17N3O/c1-4-10-5-6-12-9(2)16-13(8-11(12)7-10)17(3)14(15)18/h5-8H,4H2,1-3H3,(H2,15,18). The van der Waals surface area contributed by atoms with Crippen molar-refractivity contribution in [1.82, 2.24) is 4.98 Å². The highest BCUT2D eigenvalue weighted by atomic mass is 16.2. The summed E-state index contributed by atoms with van der Waals surface area (Å²) in [6.45, 7) is 4.05. The zero-order chi connectivity index (χ0) is 13.3. The molecule has 18 heavy (non-hydrogen) atoms. The fourth-order valence-corrected chi connectivity index (χ4v) is 1.97. The topological polar surface area (TPSA) is 59.2 Å². The van der Waals surface area contributed by atoms with Crippen LogP contribution in [-0.4, -0.2) is 18.1 Å². The molecule has 4 nitrogen and oxygen atoms in total. The van der Waals surface area contributed by atoms with Crippen molar-refractivity contribution in [3.8, 4) is 0 Å². The second-order valence-corrected chi connectivity index (χ2v) is 4.37. The van der Waals surface area contributed by atoms with Gasteiger partial charge in [-0.05, 0) is 30.4 Å². The lowest BCUT2D eigenvalue weighted by Gasteiger charge is -2.15. The third kappa shape index (κ3) is 2.14. The van der Waals surface area contributed by atoms with Crippen LogP contribution in [0.5, 0.6) is 0 Å². The first-order chi connectivity index (χ1) is 8.52. The molecular formula is C14H17N3O. The van der Waals surface area contributed by atoms with Crippen LogP contribution in [0.25, 0.3) is 10.8 Å². The Morgan fingerprint density at radius 2 is 2.11 bits per heavy atom. The minimum Gasteiger partial charge on any atom is -0.351 e. The van der Waals surface area contributed by atoms with Crippen molar-refractivity contribution in [3.63, 3.8) is 0 Å². The van der Waals surface area contributed by atoms with Crippen LogP contribution < -0.4 is 10.6 Å². The third-order valence-electron chi connectivity index (χ3n) is 3.16. The Bertz CT molecular complexity index is 607. The summed E-state index contributed by atoms with van der Waals surface area (Å²) in [6, 6.07) is 7.70. The molecule has 0 radical (unpaired) electrons. The van der Waals surface area contributed by atoms with Gasteiger partial charge in [-0.1, -0.05) is 25.1 Å². The molecule has 94 valence electrons. The van der Waals surface area contributed by atoms with Crippen LogP contribution in [0.15, 0.2) is 24.3 Å². The van der Waals surface area contributed by atoms with Crippen LogP contribution in [0.2, 0.25) is 0 Å². The lowest BCUT2D eigenvalue weighted by molar-refractivity contribution is 0.255. The monoisotopic (exact) mass is 243 g/mol. The van der Waals surface area contributed by atoms with Crippen LogP contribution in [0.1, 0.15) is 18.2 Å². The van der Waals surface area contributed by atoms with Crippen molar-refractivity contribution in [2.24, 2.45) is 5.73 Å². The van der Waals surface area contributed by atoms with E-state index in [1.807, 2.05) is 13.0 Å². The lowest BCUT2D eigenvalue weighted by atomic mass is 10.0. The van der Waals surface area contributed by atoms with Crippen molar-refractivity contribution < 1.29 is 4.79 Å². The summed E-state index contributed by atoms with van der Waals surface area (Å²) < 4.78 is 0. The number of nitrogens with two attached hydrogens (primary N) is 1. The van der Waals surface area contributed by atoms with Crippen molar-refractivity contribution in [3.05, 3.63) is 35.5 Å². The zero-order valence-electron chi connectivity index (χ0n) is 10.9. The first-order valence-electron chi connectivity index (χ1n) is 5.96. The maximum absolute atomic E-state index is 11.2. The smallest absolute Gasteiger partial charge is 0.320 e. The van der Waals surface area contributed by atoms with E-state index in [0.717, 1.165) is 22.9 Å². The van der Waals surface area contributed by atoms with E-state index in [1.54, 1.807) is 7.05 Å². The molecule has 2 N–H and O–H groups in total. The number of aromatic nitrogens is 1. The van der Waals surface area contributed by atoms with E-state index in [1.165, 1.54) is 10.5 Å². The average Bonchev–Trinajstić information content (AvgIpc) is 2.36. The Morgan fingerprint density at radius 3 is 2.72 bits per heavy atom. The summed E-state index contributed by atoms with van der Waals surface area (Å²) in [6.07, 6.45) is 0.984. The normalized spacial score (nSPS) is 10.6. The van der Waals surface area contributed by atoms with E-state index in [-0.39, 0.29) is 0 Å². The van der Waals surface area contributed by atoms with Crippen LogP contribution in [-0.2, 0) is 6.42 Å². The van der Waals surface area contributed by atoms with Crippen molar-refractivity contribution >= 4 is 22.6 Å². The first-order valence-corrected chi connectivity index (χ1v) is 5.96. The van der Waals surface area contributed by atoms with Gasteiger partial charge in [-0.15, -0.1) is 0 Å². The van der Waals surface area contributed by atoms with E-state index in [2.05, 4.69) is 30.1 Å². The molecule has 0 bridgehead atoms. The summed E-state index contributed by atoms with van der Waals surface area (Å²) in [5.74, 6) is 0.584. The molecule has 2 aromatic rings. The molecule has 0 unspecified atom stereocenters. The number of pyridine rings is 1. The lowest BCUT2D eigenvalue weighted by Crippen LogP contribution is -2.32. The summed E-state index contributed by atoms with van der Waals surface area (Å²) in [4.78, 5) is 16.9. The number of hydrogen-bond acceptors (Lipinski definition) is 2. The number of aryl methyl sites for hydroxylation is 2. The molecule has 0 aliphatic carbocycles. The Morgan fingerprint density at radius 1 is 1.39 bits per heavy atom. The van der Waals surface area contributed by atoms with Gasteiger partial charge in [0.25, 0.3) is 0 Å². The number of anilines is 1. The molecule has 1 aromatic heterocycles. The highest BCUT2D eigenvalue weighted by Gasteiger charge is 2.10. The Kier molecular flexibility index (Phi) is 3.19. The van der Waals surface area contributed by atoms with Crippen molar-refractivity contribution in [1.29, 1.82) is 0 Å². The first kappa shape index (κ1) is 12.4. The molecule has 4 heteroatoms. The number of primary amides is 1. The predicted molar refractivity (Wildman–Crippen MR) is 73.8 cm³/mol. The highest BCUT2D eigenvalue weighted by Crippen LogP contribution is 2.23. The molecule has 2 rings (SSSR count). The van der Waals surface area contributed by atoms with Gasteiger partial charge >= 0.3 is 6.03 Å². The molecule has 0 saturated carbocycles. The minimum atomic E-state index is -0.507. The van der Waals surface area contributed by atoms with Crippen molar-refractivity contribution in [2.45, 2.75) is 20.3 Å². The molecule has 0 aliphatic rings. The molecule has 0 atom stereocenters. The number of hydrogen-bond donors (Lipinski definition) is 1. The molecule has 0 aliphatic heterocycles. The second-order valence-electron chi connectivity index (χ2n) is 4.37. The average molecular weight is 243 g/mol. The number of benzene rings is 1. The van der Waals surface area contributed by atoms with Gasteiger partial charge in [0, 0.05) is 18.1 Å². The molecule has 0 spiro atoms. The van der Waals surface area contributed by atoms with Gasteiger partial charge in [-0.25, -0.2) is 9.78 Å². The van der Waals surface area contributed by atoms with E-state index in [4.69, 9.17) is 5.73 Å². The highest BCUT2D eigenvalue weighted by molar-refractivity contribution is 5.93. The Labute approximate surface area is 106 Å². The number of carbonyl (C=O) groups is 1. The molecule has 0 fully saturated rings. The van der Waals surface area contributed by atoms with E-state index < -0.39 is 6.03 Å². The number of nitrogens with zero attached hydrogens (tertiary/aromatic N) is 2. The van der Waals surface area contributed by atoms with Gasteiger partial charge < -0.3 is 5.73 Å². The van der Waals surface area contributed by atoms with Crippen molar-refractivity contribution in [2.75, 3.05) is 11.9 Å². The number of carbonyl (C=O) groups excluding carboxylic acids is 1. The SMILES string of the molecule is CCc1ccc2c(C)nc(N(C)C(N)=O)cc2c1.